The first-order chi connectivity index (χ1) is 22.4. The van der Waals surface area contributed by atoms with Gasteiger partial charge >= 0.3 is 17.2 Å². The van der Waals surface area contributed by atoms with Gasteiger partial charge in [-0.25, -0.2) is 24.5 Å². The molecule has 1 fully saturated rings. The van der Waals surface area contributed by atoms with Crippen molar-refractivity contribution in [1.29, 1.82) is 0 Å². The Balaban J connectivity index is 1.33. The SMILES string of the molecule is Nc1ncnc2c1ncn2[C@@]1(COC(=O)c2ccccc2)CC[C@H](COC(=O)c2ccccc2)C[C@H]1OC(=S)Oc1ccccc1. The number of imidazole rings is 1. The maximum atomic E-state index is 13.2. The minimum atomic E-state index is -1.05. The van der Waals surface area contributed by atoms with Crippen LogP contribution in [0.4, 0.5) is 5.82 Å². The number of hydrogen-bond donors (Lipinski definition) is 1. The monoisotopic (exact) mass is 637 g/mol. The number of nitrogens with zero attached hydrogens (tertiary/aromatic N) is 4. The average molecular weight is 638 g/mol. The minimum absolute atomic E-state index is 0.106. The van der Waals surface area contributed by atoms with Crippen LogP contribution in [0.2, 0.25) is 0 Å². The maximum absolute atomic E-state index is 13.2. The molecule has 2 heterocycles. The molecule has 2 N–H and O–H groups in total. The number of hydrogen-bond acceptors (Lipinski definition) is 11. The lowest BCUT2D eigenvalue weighted by Gasteiger charge is -2.46. The topological polar surface area (TPSA) is 141 Å². The van der Waals surface area contributed by atoms with E-state index < -0.39 is 23.6 Å². The number of carbonyl (C=O) groups is 2. The van der Waals surface area contributed by atoms with Crippen LogP contribution in [0.5, 0.6) is 5.75 Å². The van der Waals surface area contributed by atoms with Crippen LogP contribution in [-0.4, -0.2) is 56.0 Å². The fraction of sp³-hybridized carbons (Fsp3) is 0.235. The lowest BCUT2D eigenvalue weighted by atomic mass is 9.74. The summed E-state index contributed by atoms with van der Waals surface area (Å²) in [5.41, 5.74) is 6.81. The Labute approximate surface area is 270 Å². The van der Waals surface area contributed by atoms with Gasteiger partial charge in [0.15, 0.2) is 11.5 Å². The smallest absolute Gasteiger partial charge is 0.358 e. The van der Waals surface area contributed by atoms with Gasteiger partial charge in [0.25, 0.3) is 0 Å². The summed E-state index contributed by atoms with van der Waals surface area (Å²) in [6, 6.07) is 26.6. The molecule has 1 aliphatic rings. The van der Waals surface area contributed by atoms with Crippen molar-refractivity contribution in [2.45, 2.75) is 30.9 Å². The van der Waals surface area contributed by atoms with E-state index in [0.29, 0.717) is 47.3 Å². The van der Waals surface area contributed by atoms with E-state index in [4.69, 9.17) is 36.9 Å². The molecule has 0 aliphatic heterocycles. The molecule has 0 spiro atoms. The van der Waals surface area contributed by atoms with Gasteiger partial charge in [-0.2, -0.15) is 0 Å². The van der Waals surface area contributed by atoms with E-state index in [9.17, 15) is 9.59 Å². The zero-order valence-corrected chi connectivity index (χ0v) is 25.5. The number of rotatable bonds is 9. The molecule has 6 rings (SSSR count). The molecule has 3 aromatic carbocycles. The highest BCUT2D eigenvalue weighted by Crippen LogP contribution is 2.42. The summed E-state index contributed by atoms with van der Waals surface area (Å²) >= 11 is 5.58. The van der Waals surface area contributed by atoms with Crippen molar-refractivity contribution in [2.75, 3.05) is 18.9 Å². The van der Waals surface area contributed by atoms with E-state index in [1.54, 1.807) is 67.0 Å². The maximum Gasteiger partial charge on any atom is 0.358 e. The van der Waals surface area contributed by atoms with Gasteiger partial charge in [0, 0.05) is 12.2 Å². The Morgan fingerprint density at radius 2 is 1.50 bits per heavy atom. The van der Waals surface area contributed by atoms with Gasteiger partial charge in [0.05, 0.1) is 24.1 Å². The number of nitrogens with two attached hydrogens (primary N) is 1. The van der Waals surface area contributed by atoms with E-state index >= 15 is 0 Å². The molecule has 0 radical (unpaired) electrons. The summed E-state index contributed by atoms with van der Waals surface area (Å²) in [5.74, 6) is -0.306. The van der Waals surface area contributed by atoms with Crippen LogP contribution in [0.1, 0.15) is 40.0 Å². The quantitative estimate of drug-likeness (QED) is 0.165. The summed E-state index contributed by atoms with van der Waals surface area (Å²) in [7, 11) is 0. The predicted molar refractivity (Wildman–Crippen MR) is 173 cm³/mol. The molecule has 1 aliphatic carbocycles. The fourth-order valence-corrected chi connectivity index (χ4v) is 5.89. The molecule has 46 heavy (non-hydrogen) atoms. The first kappa shape index (κ1) is 30.7. The number of para-hydroxylation sites is 1. The Bertz CT molecular complexity index is 1820. The zero-order chi connectivity index (χ0) is 31.9. The summed E-state index contributed by atoms with van der Waals surface area (Å²) in [5, 5.41) is -0.115. The molecule has 0 saturated heterocycles. The number of fused-ring (bicyclic) bond motifs is 1. The second-order valence-corrected chi connectivity index (χ2v) is 11.3. The van der Waals surface area contributed by atoms with Gasteiger partial charge in [-0.1, -0.05) is 54.6 Å². The molecule has 2 aromatic heterocycles. The van der Waals surface area contributed by atoms with Gasteiger partial charge < -0.3 is 29.2 Å². The first-order valence-electron chi connectivity index (χ1n) is 14.7. The molecule has 0 amide bonds. The van der Waals surface area contributed by atoms with Crippen molar-refractivity contribution in [3.05, 3.63) is 115 Å². The third-order valence-corrected chi connectivity index (χ3v) is 8.26. The third-order valence-electron chi connectivity index (χ3n) is 8.08. The third kappa shape index (κ3) is 6.66. The summed E-state index contributed by atoms with van der Waals surface area (Å²) in [4.78, 5) is 39.0. The largest absolute Gasteiger partial charge is 0.462 e. The van der Waals surface area contributed by atoms with Gasteiger partial charge in [-0.15, -0.1) is 0 Å². The van der Waals surface area contributed by atoms with Crippen LogP contribution >= 0.6 is 12.2 Å². The number of ether oxygens (including phenoxy) is 4. The Morgan fingerprint density at radius 3 is 2.17 bits per heavy atom. The predicted octanol–water partition coefficient (Wildman–Crippen LogP) is 5.37. The molecule has 11 nitrogen and oxygen atoms in total. The van der Waals surface area contributed by atoms with Gasteiger partial charge in [0.2, 0.25) is 0 Å². The van der Waals surface area contributed by atoms with Crippen LogP contribution < -0.4 is 10.5 Å². The number of esters is 2. The van der Waals surface area contributed by atoms with E-state index in [2.05, 4.69) is 15.0 Å². The highest BCUT2D eigenvalue weighted by Gasteiger charge is 2.50. The van der Waals surface area contributed by atoms with Crippen molar-refractivity contribution in [3.63, 3.8) is 0 Å². The highest BCUT2D eigenvalue weighted by molar-refractivity contribution is 7.79. The van der Waals surface area contributed by atoms with Crippen molar-refractivity contribution in [3.8, 4) is 5.75 Å². The van der Waals surface area contributed by atoms with Crippen LogP contribution in [0.15, 0.2) is 104 Å². The van der Waals surface area contributed by atoms with Gasteiger partial charge in [-0.05, 0) is 61.6 Å². The molecule has 0 unspecified atom stereocenters. The van der Waals surface area contributed by atoms with Crippen molar-refractivity contribution in [1.82, 2.24) is 19.5 Å². The summed E-state index contributed by atoms with van der Waals surface area (Å²) < 4.78 is 25.8. The fourth-order valence-electron chi connectivity index (χ4n) is 5.68. The average Bonchev–Trinajstić information content (AvgIpc) is 3.54. The number of thiocarbonyl (C=S) groups is 1. The van der Waals surface area contributed by atoms with E-state index in [0.717, 1.165) is 0 Å². The molecule has 3 atom stereocenters. The number of carbonyl (C=O) groups excluding carboxylic acids is 2. The van der Waals surface area contributed by atoms with E-state index in [1.165, 1.54) is 6.33 Å². The van der Waals surface area contributed by atoms with Gasteiger partial charge in [-0.3, -0.25) is 0 Å². The molecular weight excluding hydrogens is 606 g/mol. The van der Waals surface area contributed by atoms with Crippen LogP contribution in [0.3, 0.4) is 0 Å². The normalized spacial score (nSPS) is 19.2. The van der Waals surface area contributed by atoms with Gasteiger partial charge in [0.1, 0.15) is 35.8 Å². The van der Waals surface area contributed by atoms with Crippen molar-refractivity contribution in [2.24, 2.45) is 5.92 Å². The molecule has 5 aromatic rings. The molecule has 12 heteroatoms. The van der Waals surface area contributed by atoms with Crippen molar-refractivity contribution < 1.29 is 28.5 Å². The number of benzene rings is 3. The van der Waals surface area contributed by atoms with Crippen LogP contribution in [0, 0.1) is 5.92 Å². The number of nitrogen functional groups attached to an aromatic ring is 1. The highest BCUT2D eigenvalue weighted by atomic mass is 32.1. The lowest BCUT2D eigenvalue weighted by molar-refractivity contribution is -0.0642. The molecule has 1 saturated carbocycles. The van der Waals surface area contributed by atoms with Crippen LogP contribution in [0.25, 0.3) is 11.2 Å². The summed E-state index contributed by atoms with van der Waals surface area (Å²) in [6.07, 6.45) is 3.62. The first-order valence-corrected chi connectivity index (χ1v) is 15.2. The molecule has 0 bridgehead atoms. The lowest BCUT2D eigenvalue weighted by Crippen LogP contribution is -2.55. The van der Waals surface area contributed by atoms with E-state index in [1.807, 2.05) is 34.9 Å². The van der Waals surface area contributed by atoms with E-state index in [-0.39, 0.29) is 30.2 Å². The van der Waals surface area contributed by atoms with Crippen molar-refractivity contribution >= 4 is 46.4 Å². The Hall–Kier alpha value is -5.36. The Morgan fingerprint density at radius 1 is 0.870 bits per heavy atom. The number of anilines is 1. The molecule has 234 valence electrons. The van der Waals surface area contributed by atoms with Crippen LogP contribution in [-0.2, 0) is 19.7 Å². The minimum Gasteiger partial charge on any atom is -0.462 e. The zero-order valence-electron chi connectivity index (χ0n) is 24.7. The Kier molecular flexibility index (Phi) is 9.15. The summed E-state index contributed by atoms with van der Waals surface area (Å²) in [6.45, 7) is 0.0464. The second-order valence-electron chi connectivity index (χ2n) is 11.0. The second kappa shape index (κ2) is 13.7. The molecular formula is C34H31N5O6S. The standard InChI is InChI=1S/C34H31N5O6S/c35-29-28-30(37-21-36-29)39(22-38-28)34(20-43-32(41)25-12-6-2-7-13-25)17-16-23(19-42-31(40)24-10-4-1-5-11-24)18-27(34)45-33(46)44-26-14-8-3-9-15-26/h1-15,21-23,27H,16-20H2,(H2,35,36,37)/t23-,27+,34+/m0/s1. The number of aromatic nitrogens is 4.